The maximum atomic E-state index is 12.7. The van der Waals surface area contributed by atoms with Crippen LogP contribution >= 0.6 is 0 Å². The van der Waals surface area contributed by atoms with Gasteiger partial charge in [-0.2, -0.15) is 4.73 Å². The van der Waals surface area contributed by atoms with E-state index in [0.717, 1.165) is 21.6 Å². The van der Waals surface area contributed by atoms with Gasteiger partial charge in [0, 0.05) is 6.07 Å². The number of fused-ring (bicyclic) bond motifs is 4. The molecule has 1 aliphatic heterocycles. The molecule has 1 aromatic carbocycles. The number of benzene rings is 1. The van der Waals surface area contributed by atoms with Gasteiger partial charge in [0.15, 0.2) is 0 Å². The van der Waals surface area contributed by atoms with Crippen molar-refractivity contribution in [1.29, 1.82) is 0 Å². The molecule has 3 atom stereocenters. The van der Waals surface area contributed by atoms with E-state index in [1.54, 1.807) is 0 Å². The zero-order chi connectivity index (χ0) is 13.7. The van der Waals surface area contributed by atoms with Gasteiger partial charge in [-0.15, -0.1) is 0 Å². The van der Waals surface area contributed by atoms with Gasteiger partial charge in [-0.1, -0.05) is 24.3 Å². The van der Waals surface area contributed by atoms with Crippen molar-refractivity contribution in [3.8, 4) is 0 Å². The molecular formula is C16H14N2O2. The minimum absolute atomic E-state index is 0.0344. The number of rotatable bonds is 0. The van der Waals surface area contributed by atoms with Crippen molar-refractivity contribution in [2.45, 2.75) is 36.9 Å². The van der Waals surface area contributed by atoms with Crippen LogP contribution in [0.25, 0.3) is 11.0 Å². The highest BCUT2D eigenvalue weighted by atomic mass is 16.6. The van der Waals surface area contributed by atoms with Crippen LogP contribution < -0.4 is 4.73 Å². The first kappa shape index (κ1) is 10.8. The Morgan fingerprint density at radius 3 is 2.65 bits per heavy atom. The maximum Gasteiger partial charge on any atom is 0.242 e. The van der Waals surface area contributed by atoms with Crippen LogP contribution in [0.2, 0.25) is 0 Å². The second-order valence-electron chi connectivity index (χ2n) is 6.41. The lowest BCUT2D eigenvalue weighted by Crippen LogP contribution is -2.36. The lowest BCUT2D eigenvalue weighted by molar-refractivity contribution is -0.587. The second kappa shape index (κ2) is 2.88. The monoisotopic (exact) mass is 266 g/mol. The van der Waals surface area contributed by atoms with E-state index in [0.29, 0.717) is 5.52 Å². The smallest absolute Gasteiger partial charge is 0.242 e. The first-order valence-corrected chi connectivity index (χ1v) is 6.97. The summed E-state index contributed by atoms with van der Waals surface area (Å²) in [5.41, 5.74) is 2.62. The molecule has 1 fully saturated rings. The predicted octanol–water partition coefficient (Wildman–Crippen LogP) is 2.17. The third-order valence-corrected chi connectivity index (χ3v) is 5.16. The quantitative estimate of drug-likeness (QED) is 0.318. The van der Waals surface area contributed by atoms with Crippen molar-refractivity contribution in [1.82, 2.24) is 4.98 Å². The molecule has 0 N–H and O–H groups in total. The molecule has 1 spiro atoms. The number of para-hydroxylation sites is 2. The summed E-state index contributed by atoms with van der Waals surface area (Å²) in [7, 11) is 0. The van der Waals surface area contributed by atoms with E-state index in [-0.39, 0.29) is 23.0 Å². The molecule has 0 radical (unpaired) electrons. The van der Waals surface area contributed by atoms with Crippen molar-refractivity contribution in [2.75, 3.05) is 0 Å². The molecule has 100 valence electrons. The molecule has 2 heterocycles. The molecule has 1 saturated heterocycles. The van der Waals surface area contributed by atoms with Crippen molar-refractivity contribution in [3.63, 3.8) is 0 Å². The molecule has 1 aromatic heterocycles. The average molecular weight is 266 g/mol. The Kier molecular flexibility index (Phi) is 1.56. The topological polar surface area (TPSA) is 52.4 Å². The summed E-state index contributed by atoms with van der Waals surface area (Å²) in [4.78, 5) is 4.75. The normalized spacial score (nSPS) is 34.9. The Bertz CT molecular complexity index is 811. The Labute approximate surface area is 116 Å². The Morgan fingerprint density at radius 1 is 1.20 bits per heavy atom. The van der Waals surface area contributed by atoms with E-state index < -0.39 is 0 Å². The largest absolute Gasteiger partial charge is 0.618 e. The minimum atomic E-state index is -0.272. The molecule has 0 saturated carbocycles. The van der Waals surface area contributed by atoms with Gasteiger partial charge in [0.05, 0.1) is 17.4 Å². The van der Waals surface area contributed by atoms with E-state index in [9.17, 15) is 5.21 Å². The summed E-state index contributed by atoms with van der Waals surface area (Å²) in [6.45, 7) is 4.20. The van der Waals surface area contributed by atoms with Crippen LogP contribution in [0.3, 0.4) is 0 Å². The number of hydrogen-bond acceptors (Lipinski definition) is 3. The number of hydrogen-bond donors (Lipinski definition) is 0. The fraction of sp³-hybridized carbons (Fsp3) is 0.375. The van der Waals surface area contributed by atoms with Gasteiger partial charge in [0.2, 0.25) is 11.2 Å². The van der Waals surface area contributed by atoms with E-state index in [1.807, 2.05) is 24.3 Å². The molecule has 2 bridgehead atoms. The van der Waals surface area contributed by atoms with Crippen LogP contribution in [0, 0.1) is 5.21 Å². The van der Waals surface area contributed by atoms with Crippen molar-refractivity contribution >= 4 is 11.0 Å². The first-order chi connectivity index (χ1) is 9.56. The zero-order valence-electron chi connectivity index (χ0n) is 11.3. The highest BCUT2D eigenvalue weighted by Crippen LogP contribution is 2.70. The highest BCUT2D eigenvalue weighted by molar-refractivity contribution is 5.72. The molecule has 5 rings (SSSR count). The van der Waals surface area contributed by atoms with Gasteiger partial charge >= 0.3 is 0 Å². The van der Waals surface area contributed by atoms with Crippen molar-refractivity contribution < 1.29 is 9.47 Å². The fourth-order valence-electron chi connectivity index (χ4n) is 4.23. The van der Waals surface area contributed by atoms with E-state index in [4.69, 9.17) is 9.72 Å². The molecule has 0 unspecified atom stereocenters. The lowest BCUT2D eigenvalue weighted by atomic mass is 9.84. The highest BCUT2D eigenvalue weighted by Gasteiger charge is 2.78. The SMILES string of the molecule is CC1(C)O[C@]12[C@@H]1C=C[C@H]2c2c1nc1ccccc1[n+]2[O-]. The van der Waals surface area contributed by atoms with Crippen LogP contribution in [0.15, 0.2) is 36.4 Å². The summed E-state index contributed by atoms with van der Waals surface area (Å²) in [6.07, 6.45) is 4.27. The van der Waals surface area contributed by atoms with Crippen LogP contribution in [0.1, 0.15) is 37.1 Å². The molecule has 2 aromatic rings. The average Bonchev–Trinajstić information content (AvgIpc) is 2.73. The predicted molar refractivity (Wildman–Crippen MR) is 73.2 cm³/mol. The molecule has 0 amide bonds. The minimum Gasteiger partial charge on any atom is -0.618 e. The van der Waals surface area contributed by atoms with Crippen molar-refractivity contribution in [3.05, 3.63) is 53.0 Å². The first-order valence-electron chi connectivity index (χ1n) is 6.97. The number of ether oxygens (including phenoxy) is 1. The van der Waals surface area contributed by atoms with Gasteiger partial charge in [-0.3, -0.25) is 0 Å². The Morgan fingerprint density at radius 2 is 1.90 bits per heavy atom. The second-order valence-corrected chi connectivity index (χ2v) is 6.41. The van der Waals surface area contributed by atoms with Gasteiger partial charge in [-0.05, 0) is 19.9 Å². The number of aromatic nitrogens is 2. The molecular weight excluding hydrogens is 252 g/mol. The van der Waals surface area contributed by atoms with E-state index in [1.165, 1.54) is 0 Å². The summed E-state index contributed by atoms with van der Waals surface area (Å²) >= 11 is 0. The molecule has 4 nitrogen and oxygen atoms in total. The summed E-state index contributed by atoms with van der Waals surface area (Å²) < 4.78 is 7.11. The van der Waals surface area contributed by atoms with Gasteiger partial charge in [0.25, 0.3) is 0 Å². The van der Waals surface area contributed by atoms with Gasteiger partial charge in [0.1, 0.15) is 16.8 Å². The van der Waals surface area contributed by atoms with E-state index in [2.05, 4.69) is 26.0 Å². The fourth-order valence-corrected chi connectivity index (χ4v) is 4.23. The van der Waals surface area contributed by atoms with E-state index >= 15 is 0 Å². The summed E-state index contributed by atoms with van der Waals surface area (Å²) in [5.74, 6) is 0.148. The van der Waals surface area contributed by atoms with Crippen LogP contribution in [-0.4, -0.2) is 16.2 Å². The standard InChI is InChI=1S/C16H14N2O2/c1-15(2)16(20-15)9-7-8-10(16)14-13(9)17-11-5-3-4-6-12(11)18(14)19/h3-10H,1-2H3/t9-,10+,16+/m1/s1. The molecule has 4 heteroatoms. The summed E-state index contributed by atoms with van der Waals surface area (Å²) in [6, 6.07) is 7.52. The van der Waals surface area contributed by atoms with Crippen LogP contribution in [-0.2, 0) is 4.74 Å². The zero-order valence-corrected chi connectivity index (χ0v) is 11.3. The molecule has 2 aliphatic carbocycles. The van der Waals surface area contributed by atoms with Gasteiger partial charge < -0.3 is 9.94 Å². The summed E-state index contributed by atoms with van der Waals surface area (Å²) in [5, 5.41) is 12.7. The molecule has 20 heavy (non-hydrogen) atoms. The number of epoxide rings is 1. The third kappa shape index (κ3) is 0.916. The lowest BCUT2D eigenvalue weighted by Gasteiger charge is -2.12. The Balaban J connectivity index is 1.85. The van der Waals surface area contributed by atoms with Crippen LogP contribution in [0.5, 0.6) is 0 Å². The Hall–Kier alpha value is -1.94. The maximum absolute atomic E-state index is 12.7. The number of nitrogens with zero attached hydrogens (tertiary/aromatic N) is 2. The van der Waals surface area contributed by atoms with Crippen molar-refractivity contribution in [2.24, 2.45) is 0 Å². The van der Waals surface area contributed by atoms with Crippen LogP contribution in [0.4, 0.5) is 0 Å². The van der Waals surface area contributed by atoms with Gasteiger partial charge in [-0.25, -0.2) is 4.98 Å². The third-order valence-electron chi connectivity index (χ3n) is 5.16. The molecule has 3 aliphatic rings.